The number of hydrogen-bond donors (Lipinski definition) is 3. The first-order valence-corrected chi connectivity index (χ1v) is 18.8. The van der Waals surface area contributed by atoms with E-state index in [9.17, 15) is 32.4 Å². The van der Waals surface area contributed by atoms with Crippen molar-refractivity contribution in [1.29, 1.82) is 0 Å². The fourth-order valence-corrected chi connectivity index (χ4v) is 7.60. The number of alkyl carbamates (subject to hydrolysis) is 1. The van der Waals surface area contributed by atoms with Crippen molar-refractivity contribution >= 4 is 40.1 Å². The Labute approximate surface area is 293 Å². The van der Waals surface area contributed by atoms with Gasteiger partial charge in [-0.25, -0.2) is 14.3 Å². The molecule has 4 aliphatic rings. The molecular weight excluding hydrogens is 668 g/mol. The summed E-state index contributed by atoms with van der Waals surface area (Å²) < 4.78 is 39.5. The zero-order valence-corrected chi connectivity index (χ0v) is 30.3. The molecule has 1 aliphatic carbocycles. The van der Waals surface area contributed by atoms with E-state index in [1.54, 1.807) is 25.7 Å². The lowest BCUT2D eigenvalue weighted by molar-refractivity contribution is -0.141. The molecule has 0 spiro atoms. The Morgan fingerprint density at radius 1 is 0.980 bits per heavy atom. The molecule has 5 amide bonds. The maximum absolute atomic E-state index is 14.3. The van der Waals surface area contributed by atoms with Crippen LogP contribution < -0.4 is 15.4 Å². The number of nitrogens with zero attached hydrogens (tertiary/aromatic N) is 3. The molecule has 16 heteroatoms. The molecule has 0 bridgehead atoms. The molecule has 50 heavy (non-hydrogen) atoms. The summed E-state index contributed by atoms with van der Waals surface area (Å²) in [6.45, 7) is 5.75. The van der Waals surface area contributed by atoms with Crippen LogP contribution in [0.3, 0.4) is 0 Å². The molecule has 3 heterocycles. The zero-order chi connectivity index (χ0) is 36.4. The minimum atomic E-state index is -4.15. The molecule has 3 N–H and O–H groups in total. The van der Waals surface area contributed by atoms with Gasteiger partial charge in [0.05, 0.1) is 6.54 Å². The monoisotopic (exact) mass is 718 g/mol. The van der Waals surface area contributed by atoms with E-state index in [0.29, 0.717) is 32.4 Å². The summed E-state index contributed by atoms with van der Waals surface area (Å²) in [5.41, 5.74) is -0.284. The summed E-state index contributed by atoms with van der Waals surface area (Å²) in [5.74, 6) is -2.35. The van der Waals surface area contributed by atoms with Crippen molar-refractivity contribution in [1.82, 2.24) is 29.5 Å². The number of fused-ring (bicyclic) bond motifs is 3. The van der Waals surface area contributed by atoms with Crippen molar-refractivity contribution in [3.63, 3.8) is 0 Å². The van der Waals surface area contributed by atoms with Crippen LogP contribution in [0, 0.1) is 5.92 Å². The SMILES string of the molecule is CN(C)S(=O)(=O)NC(=O)[C@@]12C[C@H]1CCCCCCC[C@H](NC(=O)OC(C)(C)C)C(=O)N1C[C@H](OC(=O)N3Cc4ccccc4C3)C[C@H]1C(=O)N2. The van der Waals surface area contributed by atoms with Gasteiger partial charge in [0.25, 0.3) is 5.91 Å². The maximum Gasteiger partial charge on any atom is 0.410 e. The van der Waals surface area contributed by atoms with Crippen LogP contribution in [0.4, 0.5) is 9.59 Å². The van der Waals surface area contributed by atoms with Crippen LogP contribution in [0.25, 0.3) is 0 Å². The number of rotatable bonds is 5. The highest BCUT2D eigenvalue weighted by Crippen LogP contribution is 2.48. The largest absolute Gasteiger partial charge is 0.444 e. The number of carbonyl (C=O) groups is 5. The molecule has 5 rings (SSSR count). The normalized spacial score (nSPS) is 27.6. The van der Waals surface area contributed by atoms with Crippen LogP contribution in [-0.4, -0.2) is 102 Å². The second-order valence-corrected chi connectivity index (χ2v) is 16.9. The molecule has 5 atom stereocenters. The van der Waals surface area contributed by atoms with Gasteiger partial charge in [-0.2, -0.15) is 12.7 Å². The first-order valence-electron chi connectivity index (χ1n) is 17.4. The van der Waals surface area contributed by atoms with E-state index in [1.807, 2.05) is 24.3 Å². The topological polar surface area (TPSA) is 184 Å². The Morgan fingerprint density at radius 2 is 1.60 bits per heavy atom. The minimum Gasteiger partial charge on any atom is -0.444 e. The summed E-state index contributed by atoms with van der Waals surface area (Å²) in [5, 5.41) is 5.53. The maximum atomic E-state index is 14.3. The van der Waals surface area contributed by atoms with Gasteiger partial charge >= 0.3 is 22.4 Å². The van der Waals surface area contributed by atoms with Crippen LogP contribution in [-0.2, 0) is 47.2 Å². The molecule has 3 aliphatic heterocycles. The van der Waals surface area contributed by atoms with Crippen molar-refractivity contribution in [2.45, 2.75) is 121 Å². The second kappa shape index (κ2) is 14.7. The third-order valence-corrected chi connectivity index (χ3v) is 11.2. The average molecular weight is 719 g/mol. The second-order valence-electron chi connectivity index (χ2n) is 15.0. The molecule has 1 aromatic rings. The van der Waals surface area contributed by atoms with Crippen molar-refractivity contribution in [2.75, 3.05) is 20.6 Å². The standard InChI is InChI=1S/C34H50N6O9S/c1-33(2,3)49-31(44)35-26-16-10-8-6-7-9-15-24-18-34(24,30(43)37-50(46,47)38(4)5)36-28(41)27-17-25(21-40(27)29(26)42)48-32(45)39-19-22-13-11-12-14-23(22)20-39/h11-14,24-27H,6-10,15-21H2,1-5H3,(H,35,44)(H,36,41)(H,37,43)/t24-,25-,26+,27+,34-/m1/s1. The fraction of sp³-hybridized carbons (Fsp3) is 0.676. The number of hydrogen-bond acceptors (Lipinski definition) is 9. The summed E-state index contributed by atoms with van der Waals surface area (Å²) in [4.78, 5) is 71.1. The van der Waals surface area contributed by atoms with Gasteiger partial charge in [-0.3, -0.25) is 19.3 Å². The molecule has 0 aromatic heterocycles. The number of benzene rings is 1. The minimum absolute atomic E-state index is 0.0539. The molecule has 2 saturated heterocycles. The molecule has 0 radical (unpaired) electrons. The van der Waals surface area contributed by atoms with Gasteiger partial charge in [0.1, 0.15) is 29.3 Å². The predicted octanol–water partition coefficient (Wildman–Crippen LogP) is 2.54. The highest BCUT2D eigenvalue weighted by atomic mass is 32.2. The third-order valence-electron chi connectivity index (χ3n) is 9.81. The summed E-state index contributed by atoms with van der Waals surface area (Å²) in [6.07, 6.45) is 2.75. The van der Waals surface area contributed by atoms with Crippen molar-refractivity contribution < 1.29 is 41.9 Å². The number of carbonyl (C=O) groups excluding carboxylic acids is 5. The zero-order valence-electron chi connectivity index (χ0n) is 29.5. The van der Waals surface area contributed by atoms with Crippen LogP contribution >= 0.6 is 0 Å². The lowest BCUT2D eigenvalue weighted by Gasteiger charge is -2.30. The molecule has 3 fully saturated rings. The van der Waals surface area contributed by atoms with E-state index in [-0.39, 0.29) is 25.3 Å². The third kappa shape index (κ3) is 8.68. The highest BCUT2D eigenvalue weighted by Gasteiger charge is 2.62. The van der Waals surface area contributed by atoms with Crippen LogP contribution in [0.15, 0.2) is 24.3 Å². The van der Waals surface area contributed by atoms with Gasteiger partial charge in [-0.05, 0) is 57.1 Å². The molecule has 1 saturated carbocycles. The lowest BCUT2D eigenvalue weighted by Crippen LogP contribution is -2.59. The van der Waals surface area contributed by atoms with Gasteiger partial charge in [0.15, 0.2) is 0 Å². The first kappa shape index (κ1) is 37.3. The fourth-order valence-electron chi connectivity index (χ4n) is 7.00. The molecular formula is C34H50N6O9S. The lowest BCUT2D eigenvalue weighted by atomic mass is 10.0. The number of ether oxygens (including phenoxy) is 2. The molecule has 0 unspecified atom stereocenters. The average Bonchev–Trinajstić information content (AvgIpc) is 3.33. The van der Waals surface area contributed by atoms with E-state index in [0.717, 1.165) is 41.1 Å². The van der Waals surface area contributed by atoms with Gasteiger partial charge in [0.2, 0.25) is 11.8 Å². The smallest absolute Gasteiger partial charge is 0.410 e. The van der Waals surface area contributed by atoms with Gasteiger partial charge < -0.3 is 25.0 Å². The van der Waals surface area contributed by atoms with Gasteiger partial charge in [0, 0.05) is 33.6 Å². The molecule has 1 aromatic carbocycles. The Hall–Kier alpha value is -3.92. The van der Waals surface area contributed by atoms with Crippen LogP contribution in [0.1, 0.15) is 89.7 Å². The van der Waals surface area contributed by atoms with Crippen molar-refractivity contribution in [2.24, 2.45) is 5.92 Å². The van der Waals surface area contributed by atoms with Crippen LogP contribution in [0.5, 0.6) is 0 Å². The summed E-state index contributed by atoms with van der Waals surface area (Å²) in [7, 11) is -1.57. The Morgan fingerprint density at radius 3 is 2.22 bits per heavy atom. The summed E-state index contributed by atoms with van der Waals surface area (Å²) in [6, 6.07) is 5.49. The van der Waals surface area contributed by atoms with Crippen LogP contribution in [0.2, 0.25) is 0 Å². The van der Waals surface area contributed by atoms with Crippen molar-refractivity contribution in [3.05, 3.63) is 35.4 Å². The highest BCUT2D eigenvalue weighted by molar-refractivity contribution is 7.87. The quantitative estimate of drug-likeness (QED) is 0.412. The Bertz CT molecular complexity index is 1570. The van der Waals surface area contributed by atoms with Gasteiger partial charge in [-0.1, -0.05) is 56.4 Å². The molecule has 15 nitrogen and oxygen atoms in total. The Balaban J connectivity index is 1.40. The molecule has 276 valence electrons. The predicted molar refractivity (Wildman–Crippen MR) is 181 cm³/mol. The van der Waals surface area contributed by atoms with Crippen molar-refractivity contribution in [3.8, 4) is 0 Å². The van der Waals surface area contributed by atoms with E-state index >= 15 is 0 Å². The van der Waals surface area contributed by atoms with E-state index in [4.69, 9.17) is 9.47 Å². The summed E-state index contributed by atoms with van der Waals surface area (Å²) >= 11 is 0. The van der Waals surface area contributed by atoms with E-state index in [2.05, 4.69) is 15.4 Å². The first-order chi connectivity index (χ1) is 23.5. The van der Waals surface area contributed by atoms with E-state index < -0.39 is 69.4 Å². The number of nitrogens with one attached hydrogen (secondary N) is 3. The van der Waals surface area contributed by atoms with E-state index in [1.165, 1.54) is 19.0 Å². The number of amides is 5. The Kier molecular flexibility index (Phi) is 11.0. The van der Waals surface area contributed by atoms with Gasteiger partial charge in [-0.15, -0.1) is 0 Å².